The van der Waals surface area contributed by atoms with Crippen LogP contribution in [-0.2, 0) is 13.4 Å². The van der Waals surface area contributed by atoms with Gasteiger partial charge < -0.3 is 14.3 Å². The molecule has 0 heterocycles. The Morgan fingerprint density at radius 3 is 2.18 bits per heavy atom. The van der Waals surface area contributed by atoms with Gasteiger partial charge in [-0.2, -0.15) is 4.31 Å². The van der Waals surface area contributed by atoms with E-state index >= 15 is 0 Å². The lowest BCUT2D eigenvalue weighted by molar-refractivity contribution is 0.229. The molecule has 0 fully saturated rings. The second-order valence-corrected chi connectivity index (χ2v) is 6.30. The maximum absolute atomic E-state index is 11.2. The molecule has 11 heteroatoms. The van der Waals surface area contributed by atoms with Crippen molar-refractivity contribution in [2.45, 2.75) is 0 Å². The van der Waals surface area contributed by atoms with Gasteiger partial charge in [0.05, 0.1) is 5.02 Å². The topological polar surface area (TPSA) is 113 Å². The maximum atomic E-state index is 11.2. The van der Waals surface area contributed by atoms with Crippen LogP contribution >= 0.6 is 38.8 Å². The van der Waals surface area contributed by atoms with Crippen LogP contribution in [-0.4, -0.2) is 14.7 Å². The molecule has 0 amide bonds. The molecule has 3 N–H and O–H groups in total. The molecule has 1 unspecified atom stereocenters. The van der Waals surface area contributed by atoms with Crippen molar-refractivity contribution in [3.8, 4) is 5.75 Å². The molecule has 0 aliphatic rings. The molecule has 0 saturated carbocycles. The molecule has 0 spiro atoms. The Morgan fingerprint density at radius 2 is 1.71 bits per heavy atom. The van der Waals surface area contributed by atoms with Crippen LogP contribution in [0.5, 0.6) is 5.75 Å². The number of benzene rings is 1. The monoisotopic (exact) mass is 322 g/mol. The summed E-state index contributed by atoms with van der Waals surface area (Å²) in [5, 5.41) is 0.145. The Labute approximate surface area is 106 Å². The van der Waals surface area contributed by atoms with Gasteiger partial charge in [0.2, 0.25) is 0 Å². The zero-order valence-electron chi connectivity index (χ0n) is 7.86. The largest absolute Gasteiger partial charge is 0.536 e. The van der Waals surface area contributed by atoms with E-state index in [1.165, 1.54) is 12.1 Å². The third kappa shape index (κ3) is 5.38. The van der Waals surface area contributed by atoms with Gasteiger partial charge in [-0.05, 0) is 18.2 Å². The van der Waals surface area contributed by atoms with E-state index in [0.717, 1.165) is 6.07 Å². The summed E-state index contributed by atoms with van der Waals surface area (Å²) in [6.07, 6.45) is 0. The molecule has 0 saturated heterocycles. The van der Waals surface area contributed by atoms with Crippen LogP contribution in [0, 0.1) is 0 Å². The quantitative estimate of drug-likeness (QED) is 0.730. The normalized spacial score (nSPS) is 15.4. The van der Waals surface area contributed by atoms with Crippen LogP contribution in [0.4, 0.5) is 0 Å². The van der Waals surface area contributed by atoms with Crippen molar-refractivity contribution in [3.63, 3.8) is 0 Å². The molecule has 0 aromatic heterocycles. The highest BCUT2D eigenvalue weighted by Crippen LogP contribution is 2.57. The molecule has 0 bridgehead atoms. The first kappa shape index (κ1) is 15.0. The number of phosphoric ester groups is 1. The summed E-state index contributed by atoms with van der Waals surface area (Å²) in [5.41, 5.74) is 0. The van der Waals surface area contributed by atoms with Gasteiger partial charge in [0, 0.05) is 5.02 Å². The Bertz CT molecular complexity index is 513. The average molecular weight is 323 g/mol. The minimum Gasteiger partial charge on any atom is -0.402 e. The van der Waals surface area contributed by atoms with Gasteiger partial charge in [0.15, 0.2) is 0 Å². The molecular weight excluding hydrogens is 317 g/mol. The molecule has 7 nitrogen and oxygen atoms in total. The Kier molecular flexibility index (Phi) is 4.63. The fourth-order valence-corrected chi connectivity index (χ4v) is 2.94. The smallest absolute Gasteiger partial charge is 0.402 e. The lowest BCUT2D eigenvalue weighted by Crippen LogP contribution is -1.96. The first-order valence-electron chi connectivity index (χ1n) is 3.83. The van der Waals surface area contributed by atoms with Gasteiger partial charge in [0.1, 0.15) is 5.75 Å². The number of rotatable bonds is 4. The van der Waals surface area contributed by atoms with Crippen molar-refractivity contribution in [1.29, 1.82) is 0 Å². The molecule has 1 rings (SSSR count). The fraction of sp³-hybridized carbons (Fsp3) is 0. The summed E-state index contributed by atoms with van der Waals surface area (Å²) in [7, 11) is -10.1. The van der Waals surface area contributed by atoms with Gasteiger partial charge in [-0.3, -0.25) is 4.89 Å². The Hall–Kier alpha value is -0.100. The van der Waals surface area contributed by atoms with E-state index in [1.807, 2.05) is 0 Å². The standard InChI is InChI=1S/C6H6Cl2O7P2/c7-4-1-2-6(5(8)3-4)14-17(12,13)15-16(9,10)11/h1-3H,(H,12,13)(H2,9,10,11). The highest BCUT2D eigenvalue weighted by atomic mass is 35.5. The Balaban J connectivity index is 2.90. The van der Waals surface area contributed by atoms with Crippen LogP contribution in [0.1, 0.15) is 0 Å². The first-order chi connectivity index (χ1) is 7.59. The SMILES string of the molecule is O=P(O)(O)OP(=O)(O)Oc1ccc(Cl)cc1Cl. The van der Waals surface area contributed by atoms with E-state index < -0.39 is 15.6 Å². The summed E-state index contributed by atoms with van der Waals surface area (Å²) in [5.74, 6) is -0.296. The first-order valence-corrected chi connectivity index (χ1v) is 7.61. The highest BCUT2D eigenvalue weighted by Gasteiger charge is 2.34. The molecule has 0 aliphatic carbocycles. The van der Waals surface area contributed by atoms with Gasteiger partial charge >= 0.3 is 15.6 Å². The van der Waals surface area contributed by atoms with Crippen LogP contribution in [0.15, 0.2) is 18.2 Å². The van der Waals surface area contributed by atoms with E-state index in [4.69, 9.17) is 37.9 Å². The van der Waals surface area contributed by atoms with Crippen molar-refractivity contribution >= 4 is 38.8 Å². The summed E-state index contributed by atoms with van der Waals surface area (Å²) in [6, 6.07) is 3.67. The molecule has 1 aromatic carbocycles. The van der Waals surface area contributed by atoms with E-state index in [-0.39, 0.29) is 15.8 Å². The minimum atomic E-state index is -5.16. The molecule has 0 aliphatic heterocycles. The molecule has 0 radical (unpaired) electrons. The van der Waals surface area contributed by atoms with Crippen LogP contribution in [0.25, 0.3) is 0 Å². The number of halogens is 2. The third-order valence-corrected chi connectivity index (χ3v) is 3.95. The summed E-state index contributed by atoms with van der Waals surface area (Å²) < 4.78 is 29.5. The number of phosphoric acid groups is 2. The average Bonchev–Trinajstić information content (AvgIpc) is 2.05. The predicted molar refractivity (Wildman–Crippen MR) is 60.0 cm³/mol. The van der Waals surface area contributed by atoms with Gasteiger partial charge in [-0.25, -0.2) is 9.13 Å². The fourth-order valence-electron chi connectivity index (χ4n) is 0.825. The lowest BCUT2D eigenvalue weighted by Gasteiger charge is -2.13. The molecular formula is C6H6Cl2O7P2. The van der Waals surface area contributed by atoms with Crippen LogP contribution in [0.2, 0.25) is 10.0 Å². The molecule has 1 aromatic rings. The number of hydrogen-bond acceptors (Lipinski definition) is 4. The predicted octanol–water partition coefficient (Wildman–Crippen LogP) is 2.58. The van der Waals surface area contributed by atoms with E-state index in [9.17, 15) is 9.13 Å². The summed E-state index contributed by atoms with van der Waals surface area (Å²) >= 11 is 11.2. The maximum Gasteiger partial charge on any atom is 0.536 e. The van der Waals surface area contributed by atoms with Crippen LogP contribution < -0.4 is 4.52 Å². The van der Waals surface area contributed by atoms with Crippen molar-refractivity contribution in [1.82, 2.24) is 0 Å². The zero-order chi connectivity index (χ0) is 13.3. The zero-order valence-corrected chi connectivity index (χ0v) is 11.2. The molecule has 17 heavy (non-hydrogen) atoms. The van der Waals surface area contributed by atoms with Crippen molar-refractivity contribution in [2.75, 3.05) is 0 Å². The second-order valence-electron chi connectivity index (χ2n) is 2.71. The minimum absolute atomic E-state index is 0.110. The highest BCUT2D eigenvalue weighted by molar-refractivity contribution is 7.60. The Morgan fingerprint density at radius 1 is 1.12 bits per heavy atom. The van der Waals surface area contributed by atoms with E-state index in [2.05, 4.69) is 8.83 Å². The third-order valence-electron chi connectivity index (χ3n) is 1.32. The van der Waals surface area contributed by atoms with Crippen molar-refractivity contribution < 1.29 is 32.6 Å². The van der Waals surface area contributed by atoms with Crippen molar-refractivity contribution in [2.24, 2.45) is 0 Å². The molecule has 1 atom stereocenters. The number of hydrogen-bond donors (Lipinski definition) is 3. The van der Waals surface area contributed by atoms with Gasteiger partial charge in [-0.15, -0.1) is 0 Å². The van der Waals surface area contributed by atoms with E-state index in [0.29, 0.717) is 0 Å². The summed E-state index contributed by atoms with van der Waals surface area (Å²) in [4.78, 5) is 25.8. The molecule has 96 valence electrons. The summed E-state index contributed by atoms with van der Waals surface area (Å²) in [6.45, 7) is 0. The second kappa shape index (κ2) is 5.26. The van der Waals surface area contributed by atoms with Gasteiger partial charge in [0.25, 0.3) is 0 Å². The van der Waals surface area contributed by atoms with Crippen LogP contribution in [0.3, 0.4) is 0 Å². The van der Waals surface area contributed by atoms with E-state index in [1.54, 1.807) is 0 Å². The van der Waals surface area contributed by atoms with Gasteiger partial charge in [-0.1, -0.05) is 23.2 Å². The van der Waals surface area contributed by atoms with Crippen molar-refractivity contribution in [3.05, 3.63) is 28.2 Å². The lowest BCUT2D eigenvalue weighted by atomic mass is 10.3.